The van der Waals surface area contributed by atoms with E-state index in [1.165, 1.54) is 68.0 Å². The van der Waals surface area contributed by atoms with Gasteiger partial charge in [-0.25, -0.2) is 20.2 Å². The molecule has 0 aliphatic carbocycles. The molecule has 0 radical (unpaired) electrons. The van der Waals surface area contributed by atoms with Crippen molar-refractivity contribution in [2.24, 2.45) is 11.8 Å². The minimum atomic E-state index is -0.0529. The van der Waals surface area contributed by atoms with E-state index < -0.39 is 0 Å². The summed E-state index contributed by atoms with van der Waals surface area (Å²) < 4.78 is 58.1. The fraction of sp³-hybridized carbons (Fsp3) is 0.364. The SMILES string of the molecule is [2H]c1c(-c2sc3c([2H])c(-c4sc5c([2H])c(-c6sc(/C=C(\C#N)[N+]#[C-])c(CC(CC)CCCC)c6[2H])sc5c4[2H])sc3c2[2H])sc(/C=C(/C#N)[N+]#[C-])c1CC(CC)CCCC. The molecular weight excluding hydrogens is 777 g/mol. The predicted octanol–water partition coefficient (Wildman–Crippen LogP) is 16.4. The molecule has 6 aromatic rings. The van der Waals surface area contributed by atoms with Crippen LogP contribution < -0.4 is 0 Å². The summed E-state index contributed by atoms with van der Waals surface area (Å²) in [4.78, 5) is 11.6. The summed E-state index contributed by atoms with van der Waals surface area (Å²) in [6.07, 6.45) is 12.6. The van der Waals surface area contributed by atoms with Crippen LogP contribution in [0.25, 0.3) is 69.9 Å². The highest BCUT2D eigenvalue weighted by Crippen LogP contribution is 2.49. The first-order valence-corrected chi connectivity index (χ1v) is 23.1. The first kappa shape index (κ1) is 32.4. The molecule has 6 aromatic heterocycles. The van der Waals surface area contributed by atoms with E-state index in [4.69, 9.17) is 13.1 Å². The summed E-state index contributed by atoms with van der Waals surface area (Å²) in [5, 5.41) is 19.1. The Kier molecular flexibility index (Phi) is 11.2. The van der Waals surface area contributed by atoms with Crippen LogP contribution in [0.3, 0.4) is 0 Å². The molecule has 274 valence electrons. The van der Waals surface area contributed by atoms with Crippen LogP contribution in [0.15, 0.2) is 47.6 Å². The Balaban J connectivity index is 1.41. The van der Waals surface area contributed by atoms with E-state index in [1.54, 1.807) is 12.2 Å². The van der Waals surface area contributed by atoms with Crippen LogP contribution >= 0.6 is 68.0 Å². The van der Waals surface area contributed by atoms with Crippen molar-refractivity contribution in [3.8, 4) is 41.4 Å². The third kappa shape index (κ3) is 9.16. The Labute approximate surface area is 352 Å². The van der Waals surface area contributed by atoms with Crippen molar-refractivity contribution in [2.45, 2.75) is 91.9 Å². The first-order chi connectivity index (χ1) is 28.9. The van der Waals surface area contributed by atoms with Gasteiger partial charge in [-0.05, 0) is 84.2 Å². The van der Waals surface area contributed by atoms with Crippen LogP contribution in [-0.4, -0.2) is 0 Å². The molecule has 6 rings (SSSR count). The van der Waals surface area contributed by atoms with Gasteiger partial charge in [-0.2, -0.15) is 0 Å². The van der Waals surface area contributed by atoms with Gasteiger partial charge in [-0.15, -0.1) is 68.0 Å². The molecule has 10 heteroatoms. The van der Waals surface area contributed by atoms with E-state index in [0.717, 1.165) is 62.5 Å². The standard InChI is InChI=1S/C44H42N4S6/c1-7-11-13-27(9-3)15-29-17-35(49-33(29)19-31(25-45)47-5)37-21-39-41(51-37)23-43(53-39)44-24-42-40(54-44)22-38(52-42)36-18-30(16-28(10-4)14-12-8-2)34(50-36)20-32(26-46)48-6/h17-24,27-28H,7-16H2,1-4H3/b31-19-,32-20+/i17D,18D,21D,22D,23D,24D. The van der Waals surface area contributed by atoms with Crippen molar-refractivity contribution in [1.82, 2.24) is 0 Å². The number of hydrogen-bond donors (Lipinski definition) is 0. The first-order valence-electron chi connectivity index (χ1n) is 21.2. The average molecular weight is 825 g/mol. The lowest BCUT2D eigenvalue weighted by Crippen LogP contribution is -2.03. The molecule has 0 fully saturated rings. The van der Waals surface area contributed by atoms with E-state index in [9.17, 15) is 18.7 Å². The van der Waals surface area contributed by atoms with E-state index >= 15 is 0 Å². The van der Waals surface area contributed by atoms with Crippen molar-refractivity contribution in [3.05, 3.63) is 91.4 Å². The molecular formula is C44H42N4S6. The average Bonchev–Trinajstić information content (AvgIpc) is 4.07. The lowest BCUT2D eigenvalue weighted by Gasteiger charge is -2.14. The van der Waals surface area contributed by atoms with Gasteiger partial charge in [0.1, 0.15) is 0 Å². The summed E-state index contributed by atoms with van der Waals surface area (Å²) in [6.45, 7) is 23.5. The van der Waals surface area contributed by atoms with E-state index in [1.807, 2.05) is 12.1 Å². The Bertz CT molecular complexity index is 2590. The van der Waals surface area contributed by atoms with Gasteiger partial charge in [-0.3, -0.25) is 0 Å². The summed E-state index contributed by atoms with van der Waals surface area (Å²) >= 11 is 7.78. The van der Waals surface area contributed by atoms with Gasteiger partial charge in [0.05, 0.1) is 33.5 Å². The fourth-order valence-corrected chi connectivity index (χ4v) is 12.9. The molecule has 0 saturated heterocycles. The van der Waals surface area contributed by atoms with Gasteiger partial charge in [-0.1, -0.05) is 79.1 Å². The number of rotatable bonds is 17. The molecule has 0 spiro atoms. The summed E-state index contributed by atoms with van der Waals surface area (Å²) in [5.41, 5.74) is 1.47. The molecule has 0 aliphatic heterocycles. The number of allylic oxidation sites excluding steroid dienone is 2. The number of nitrogens with zero attached hydrogens (tertiary/aromatic N) is 4. The number of unbranched alkanes of at least 4 members (excludes halogenated alkanes) is 2. The fourth-order valence-electron chi connectivity index (χ4n) is 6.28. The van der Waals surface area contributed by atoms with Gasteiger partial charge >= 0.3 is 0 Å². The normalized spacial score (nSPS) is 14.7. The maximum absolute atomic E-state index is 9.56. The zero-order valence-corrected chi connectivity index (χ0v) is 35.5. The Morgan fingerprint density at radius 3 is 1.22 bits per heavy atom. The van der Waals surface area contributed by atoms with Crippen LogP contribution in [0.2, 0.25) is 0 Å². The highest BCUT2D eigenvalue weighted by atomic mass is 32.1. The Morgan fingerprint density at radius 1 is 0.611 bits per heavy atom. The largest absolute Gasteiger partial charge is 0.263 e. The lowest BCUT2D eigenvalue weighted by atomic mass is 9.92. The molecule has 0 aromatic carbocycles. The second-order valence-electron chi connectivity index (χ2n) is 13.1. The molecule has 0 aliphatic rings. The van der Waals surface area contributed by atoms with Crippen molar-refractivity contribution < 1.29 is 8.22 Å². The third-order valence-corrected chi connectivity index (χ3v) is 16.3. The predicted molar refractivity (Wildman–Crippen MR) is 239 cm³/mol. The molecule has 0 bridgehead atoms. The van der Waals surface area contributed by atoms with Gasteiger partial charge in [0.15, 0.2) is 0 Å². The quantitative estimate of drug-likeness (QED) is 0.0679. The number of fused-ring (bicyclic) bond motifs is 2. The molecule has 54 heavy (non-hydrogen) atoms. The number of thiophene rings is 6. The summed E-state index contributed by atoms with van der Waals surface area (Å²) in [6, 6.07) is 5.36. The molecule has 2 unspecified atom stereocenters. The summed E-state index contributed by atoms with van der Waals surface area (Å²) in [5.74, 6) is 0.694. The van der Waals surface area contributed by atoms with Crippen molar-refractivity contribution in [1.29, 1.82) is 10.5 Å². The van der Waals surface area contributed by atoms with Gasteiger partial charge in [0.2, 0.25) is 0 Å². The highest BCUT2D eigenvalue weighted by molar-refractivity contribution is 7.36. The van der Waals surface area contributed by atoms with Crippen molar-refractivity contribution in [2.75, 3.05) is 0 Å². The molecule has 4 nitrogen and oxygen atoms in total. The minimum absolute atomic E-state index is 0.0529. The monoisotopic (exact) mass is 824 g/mol. The van der Waals surface area contributed by atoms with Crippen LogP contribution in [0.4, 0.5) is 0 Å². The molecule has 6 heterocycles. The van der Waals surface area contributed by atoms with E-state index in [0.29, 0.717) is 94.6 Å². The Hall–Kier alpha value is -3.84. The van der Waals surface area contributed by atoms with Crippen molar-refractivity contribution in [3.63, 3.8) is 0 Å². The minimum Gasteiger partial charge on any atom is -0.227 e. The topological polar surface area (TPSA) is 56.3 Å². The van der Waals surface area contributed by atoms with Crippen molar-refractivity contribution >= 4 is 99.0 Å². The Morgan fingerprint density at radius 2 is 0.944 bits per heavy atom. The maximum Gasteiger partial charge on any atom is 0.263 e. The summed E-state index contributed by atoms with van der Waals surface area (Å²) in [7, 11) is 0. The zero-order valence-electron chi connectivity index (χ0n) is 36.6. The van der Waals surface area contributed by atoms with Gasteiger partial charge in [0, 0.05) is 57.8 Å². The smallest absolute Gasteiger partial charge is 0.227 e. The zero-order chi connectivity index (χ0) is 43.4. The molecule has 2 atom stereocenters. The van der Waals surface area contributed by atoms with Crippen LogP contribution in [0.5, 0.6) is 0 Å². The van der Waals surface area contributed by atoms with Crippen LogP contribution in [0, 0.1) is 47.6 Å². The maximum atomic E-state index is 9.56. The second-order valence-corrected chi connectivity index (χ2v) is 19.3. The van der Waals surface area contributed by atoms with Gasteiger partial charge < -0.3 is 0 Å². The third-order valence-electron chi connectivity index (χ3n) is 9.38. The molecule has 0 saturated carbocycles. The van der Waals surface area contributed by atoms with E-state index in [2.05, 4.69) is 37.4 Å². The van der Waals surface area contributed by atoms with Crippen LogP contribution in [-0.2, 0) is 12.8 Å². The van der Waals surface area contributed by atoms with E-state index in [-0.39, 0.29) is 35.6 Å². The number of hydrogen-bond acceptors (Lipinski definition) is 8. The molecule has 0 N–H and O–H groups in total. The highest BCUT2D eigenvalue weighted by Gasteiger charge is 2.20. The number of nitriles is 2. The lowest BCUT2D eigenvalue weighted by molar-refractivity contribution is 0.449. The van der Waals surface area contributed by atoms with Crippen LogP contribution in [0.1, 0.15) is 108 Å². The second kappa shape index (κ2) is 18.7. The molecule has 0 amide bonds. The van der Waals surface area contributed by atoms with Gasteiger partial charge in [0.25, 0.3) is 11.4 Å².